The number of fused-ring (bicyclic) bond motifs is 4. The number of rotatable bonds is 6. The lowest BCUT2D eigenvalue weighted by molar-refractivity contribution is -0.875. The predicted octanol–water partition coefficient (Wildman–Crippen LogP) is 4.58. The summed E-state index contributed by atoms with van der Waals surface area (Å²) in [5, 5.41) is 0. The van der Waals surface area contributed by atoms with Crippen molar-refractivity contribution < 1.29 is 23.5 Å². The van der Waals surface area contributed by atoms with Crippen LogP contribution in [-0.4, -0.2) is 55.8 Å². The van der Waals surface area contributed by atoms with E-state index in [-0.39, 0.29) is 63.4 Å². The number of quaternary nitrogens is 1. The average molecular weight is 435 g/mol. The first-order chi connectivity index (χ1) is 14.1. The third-order valence-corrected chi connectivity index (χ3v) is 11.1. The van der Waals surface area contributed by atoms with E-state index in [0.29, 0.717) is 11.8 Å². The molecule has 0 aromatic rings. The van der Waals surface area contributed by atoms with Crippen molar-refractivity contribution in [2.75, 3.05) is 27.2 Å². The van der Waals surface area contributed by atoms with Crippen LogP contribution in [0.25, 0.3) is 0 Å². The Morgan fingerprint density at radius 1 is 0.742 bits per heavy atom. The van der Waals surface area contributed by atoms with Crippen LogP contribution in [0.4, 0.5) is 0 Å². The molecular formula is C26H44NO4+. The van der Waals surface area contributed by atoms with Crippen LogP contribution in [0.5, 0.6) is 0 Å². The van der Waals surface area contributed by atoms with Crippen LogP contribution in [0.2, 0.25) is 0 Å². The fraction of sp³-hybridized carbons (Fsp3) is 0.923. The van der Waals surface area contributed by atoms with Crippen LogP contribution < -0.4 is 0 Å². The molecule has 4 fully saturated rings. The molecule has 4 rings (SSSR count). The van der Waals surface area contributed by atoms with E-state index in [9.17, 15) is 9.59 Å². The van der Waals surface area contributed by atoms with Gasteiger partial charge in [0.25, 0.3) is 0 Å². The molecule has 0 N–H and O–H groups in total. The van der Waals surface area contributed by atoms with Crippen LogP contribution in [-0.2, 0) is 19.1 Å². The Hall–Kier alpha value is -1.10. The minimum Gasteiger partial charge on any atom is -0.458 e. The number of carbonyl (C=O) groups is 2. The number of ether oxygens (including phenoxy) is 2. The monoisotopic (exact) mass is 434 g/mol. The van der Waals surface area contributed by atoms with E-state index in [4.69, 9.17) is 9.47 Å². The predicted molar refractivity (Wildman–Crippen MR) is 120 cm³/mol. The highest BCUT2D eigenvalue weighted by molar-refractivity contribution is 5.73. The Labute approximate surface area is 188 Å². The van der Waals surface area contributed by atoms with Gasteiger partial charge in [-0.1, -0.05) is 41.5 Å². The van der Waals surface area contributed by atoms with Crippen LogP contribution >= 0.6 is 0 Å². The highest BCUT2D eigenvalue weighted by atomic mass is 16.6. The smallest absolute Gasteiger partial charge is 0.362 e. The summed E-state index contributed by atoms with van der Waals surface area (Å²) >= 11 is 0. The molecule has 5 nitrogen and oxygen atoms in total. The van der Waals surface area contributed by atoms with Gasteiger partial charge in [-0.3, -0.25) is 0 Å². The molecule has 4 aliphatic rings. The number of hydrogen-bond acceptors (Lipinski definition) is 4. The summed E-state index contributed by atoms with van der Waals surface area (Å²) in [7, 11) is 3.84. The van der Waals surface area contributed by atoms with Gasteiger partial charge in [0.05, 0.1) is 14.1 Å². The molecule has 4 aliphatic carbocycles. The lowest BCUT2D eigenvalue weighted by atomic mass is 9.70. The van der Waals surface area contributed by atoms with E-state index in [1.54, 1.807) is 0 Å². The molecule has 31 heavy (non-hydrogen) atoms. The molecule has 0 saturated heterocycles. The van der Waals surface area contributed by atoms with E-state index in [2.05, 4.69) is 41.5 Å². The van der Waals surface area contributed by atoms with Crippen molar-refractivity contribution in [3.63, 3.8) is 0 Å². The first-order valence-electron chi connectivity index (χ1n) is 12.3. The van der Waals surface area contributed by atoms with Gasteiger partial charge in [-0.05, 0) is 61.2 Å². The summed E-state index contributed by atoms with van der Waals surface area (Å²) in [5.41, 5.74) is 0.564. The zero-order chi connectivity index (χ0) is 23.0. The average Bonchev–Trinajstić information content (AvgIpc) is 3.12. The third-order valence-electron chi connectivity index (χ3n) is 11.1. The van der Waals surface area contributed by atoms with Gasteiger partial charge in [-0.2, -0.15) is 0 Å². The number of hydrogen-bond donors (Lipinski definition) is 0. The summed E-state index contributed by atoms with van der Waals surface area (Å²) in [6.07, 6.45) is 6.68. The molecule has 4 saturated carbocycles. The van der Waals surface area contributed by atoms with Gasteiger partial charge in [-0.25, -0.2) is 9.59 Å². The maximum atomic E-state index is 12.8. The van der Waals surface area contributed by atoms with Crippen LogP contribution in [0, 0.1) is 33.5 Å². The second-order valence-electron chi connectivity index (χ2n) is 13.4. The Morgan fingerprint density at radius 3 is 1.35 bits per heavy atom. The number of esters is 2. The molecule has 0 heterocycles. The summed E-state index contributed by atoms with van der Waals surface area (Å²) in [5.74, 6) is 0.890. The lowest BCUT2D eigenvalue weighted by Gasteiger charge is -2.39. The zero-order valence-corrected chi connectivity index (χ0v) is 21.0. The van der Waals surface area contributed by atoms with Crippen molar-refractivity contribution in [1.29, 1.82) is 0 Å². The molecule has 5 heteroatoms. The normalized spacial score (nSPS) is 42.1. The van der Waals surface area contributed by atoms with Crippen molar-refractivity contribution in [3.8, 4) is 0 Å². The van der Waals surface area contributed by atoms with Crippen molar-refractivity contribution in [2.45, 2.75) is 92.3 Å². The fourth-order valence-electron chi connectivity index (χ4n) is 7.76. The summed E-state index contributed by atoms with van der Waals surface area (Å²) in [6.45, 7) is 14.3. The second kappa shape index (κ2) is 6.95. The Balaban J connectivity index is 1.30. The van der Waals surface area contributed by atoms with Crippen molar-refractivity contribution in [1.82, 2.24) is 0 Å². The Bertz CT molecular complexity index is 709. The number of likely N-dealkylation sites (N-methyl/N-ethyl adjacent to an activating group) is 1. The van der Waals surface area contributed by atoms with Gasteiger partial charge in [0.1, 0.15) is 12.2 Å². The van der Waals surface area contributed by atoms with Crippen molar-refractivity contribution in [3.05, 3.63) is 0 Å². The van der Waals surface area contributed by atoms with E-state index in [1.807, 2.05) is 14.1 Å². The summed E-state index contributed by atoms with van der Waals surface area (Å²) < 4.78 is 12.3. The molecule has 0 radical (unpaired) electrons. The molecule has 0 spiro atoms. The van der Waals surface area contributed by atoms with Gasteiger partial charge in [0.15, 0.2) is 13.1 Å². The molecule has 0 unspecified atom stereocenters. The van der Waals surface area contributed by atoms with Gasteiger partial charge in [0.2, 0.25) is 0 Å². The highest BCUT2D eigenvalue weighted by Crippen LogP contribution is 2.67. The van der Waals surface area contributed by atoms with E-state index in [0.717, 1.165) is 25.7 Å². The molecule has 6 atom stereocenters. The van der Waals surface area contributed by atoms with Gasteiger partial charge in [0, 0.05) is 10.8 Å². The molecule has 0 amide bonds. The zero-order valence-electron chi connectivity index (χ0n) is 21.0. The van der Waals surface area contributed by atoms with Crippen LogP contribution in [0.1, 0.15) is 80.1 Å². The molecule has 4 bridgehead atoms. The maximum Gasteiger partial charge on any atom is 0.362 e. The largest absolute Gasteiger partial charge is 0.458 e. The third kappa shape index (κ3) is 3.36. The first kappa shape index (κ1) is 23.1. The van der Waals surface area contributed by atoms with Crippen molar-refractivity contribution in [2.24, 2.45) is 33.5 Å². The minimum atomic E-state index is -0.194. The summed E-state index contributed by atoms with van der Waals surface area (Å²) in [6, 6.07) is 0. The van der Waals surface area contributed by atoms with Crippen molar-refractivity contribution >= 4 is 11.9 Å². The Kier molecular flexibility index (Phi) is 5.17. The molecule has 0 aliphatic heterocycles. The molecule has 0 aromatic heterocycles. The Morgan fingerprint density at radius 2 is 1.10 bits per heavy atom. The number of carbonyl (C=O) groups excluding carboxylic acids is 2. The molecule has 176 valence electrons. The maximum absolute atomic E-state index is 12.8. The topological polar surface area (TPSA) is 52.6 Å². The van der Waals surface area contributed by atoms with Gasteiger partial charge >= 0.3 is 11.9 Å². The minimum absolute atomic E-state index is 0.00285. The lowest BCUT2D eigenvalue weighted by Crippen LogP contribution is -2.50. The SMILES string of the molecule is CC1(C)[C@H]2CC[C@@]1(C)[C@H](OC(=O)C[N+](C)(C)CC(=O)O[C@H]1C[C@H]3CC[C@@]1(C)C3(C)C)C2. The fourth-order valence-corrected chi connectivity index (χ4v) is 7.76. The molecule has 0 aromatic carbocycles. The second-order valence-corrected chi connectivity index (χ2v) is 13.4. The number of nitrogens with zero attached hydrogens (tertiary/aromatic N) is 1. The van der Waals surface area contributed by atoms with Gasteiger partial charge < -0.3 is 14.0 Å². The van der Waals surface area contributed by atoms with E-state index < -0.39 is 0 Å². The summed E-state index contributed by atoms with van der Waals surface area (Å²) in [4.78, 5) is 25.6. The highest BCUT2D eigenvalue weighted by Gasteiger charge is 2.64. The van der Waals surface area contributed by atoms with E-state index >= 15 is 0 Å². The first-order valence-corrected chi connectivity index (χ1v) is 12.3. The quantitative estimate of drug-likeness (QED) is 0.454. The van der Waals surface area contributed by atoms with Gasteiger partial charge in [-0.15, -0.1) is 0 Å². The van der Waals surface area contributed by atoms with E-state index in [1.165, 1.54) is 12.8 Å². The standard InChI is InChI=1S/C26H44NO4/c1-23(2)17-9-11-25(23,5)19(13-17)30-21(28)15-27(7,8)16-22(29)31-20-14-18-10-12-26(20,6)24(18,3)4/h17-20H,9-16H2,1-8H3/q+1/t17-,18+,19+,20-,25-,26+. The molecular weight excluding hydrogens is 390 g/mol. The van der Waals surface area contributed by atoms with Crippen LogP contribution in [0.15, 0.2) is 0 Å². The van der Waals surface area contributed by atoms with Crippen LogP contribution in [0.3, 0.4) is 0 Å².